The van der Waals surface area contributed by atoms with E-state index < -0.39 is 0 Å². The Labute approximate surface area is 618 Å². The zero-order valence-corrected chi connectivity index (χ0v) is 60.0. The summed E-state index contributed by atoms with van der Waals surface area (Å²) in [6.45, 7) is 25.6. The van der Waals surface area contributed by atoms with E-state index in [0.29, 0.717) is 71.9 Å². The summed E-state index contributed by atoms with van der Waals surface area (Å²) in [5.74, 6) is 5.67. The second-order valence-electron chi connectivity index (χ2n) is 25.7. The lowest BCUT2D eigenvalue weighted by Crippen LogP contribution is -2.37. The minimum atomic E-state index is -0.0383. The molecule has 0 aliphatic carbocycles. The number of allylic oxidation sites excluding steroid dienone is 2. The molecule has 12 heterocycles. The Kier molecular flexibility index (Phi) is 19.4. The highest BCUT2D eigenvalue weighted by atomic mass is 32.1. The number of para-hydroxylation sites is 2. The molecule has 18 rings (SSSR count). The number of nitrogens with zero attached hydrogens (tertiary/aromatic N) is 13. The maximum Gasteiger partial charge on any atom is 0.200 e. The molecule has 530 valence electrons. The number of H-pyrrole nitrogens is 1. The smallest absolute Gasteiger partial charge is 0.200 e. The number of aromatic nitrogens is 11. The molecule has 0 bridgehead atoms. The fourth-order valence-corrected chi connectivity index (χ4v) is 14.6. The van der Waals surface area contributed by atoms with Crippen molar-refractivity contribution in [1.29, 1.82) is 0 Å². The number of carbonyl (C=O) groups excluding carboxylic acids is 1. The van der Waals surface area contributed by atoms with Gasteiger partial charge in [-0.3, -0.25) is 19.7 Å². The summed E-state index contributed by atoms with van der Waals surface area (Å²) >= 11 is 1.78. The predicted octanol–water partition coefficient (Wildman–Crippen LogP) is 15.7. The van der Waals surface area contributed by atoms with Gasteiger partial charge in [0.1, 0.15) is 41.3 Å². The van der Waals surface area contributed by atoms with E-state index in [-0.39, 0.29) is 35.0 Å². The Morgan fingerprint density at radius 1 is 0.698 bits per heavy atom. The number of rotatable bonds is 12. The van der Waals surface area contributed by atoms with Gasteiger partial charge in [-0.25, -0.2) is 39.9 Å². The number of hydrogen-bond donors (Lipinski definition) is 3. The topological polar surface area (TPSA) is 253 Å². The number of hydrogen-bond acceptors (Lipinski definition) is 22. The molecule has 0 spiro atoms. The molecule has 23 heteroatoms. The molecule has 14 aromatic rings. The summed E-state index contributed by atoms with van der Waals surface area (Å²) in [6.07, 6.45) is 8.25. The molecule has 22 nitrogen and oxygen atoms in total. The Hall–Kier alpha value is -12.4. The minimum absolute atomic E-state index is 0.0106. The second-order valence-corrected chi connectivity index (χ2v) is 26.8. The fraction of sp³-hybridized carbons (Fsp3) is 0.205. The Bertz CT molecular complexity index is 5860. The number of morpholine rings is 2. The van der Waals surface area contributed by atoms with Gasteiger partial charge >= 0.3 is 0 Å². The number of aryl methyl sites for hydroxylation is 2. The number of fused-ring (bicyclic) bond motifs is 9. The van der Waals surface area contributed by atoms with Crippen LogP contribution in [0.3, 0.4) is 0 Å². The molecule has 6 aromatic carbocycles. The van der Waals surface area contributed by atoms with Crippen LogP contribution in [-0.2, 0) is 9.47 Å². The van der Waals surface area contributed by atoms with Crippen LogP contribution in [0.4, 0.5) is 23.3 Å². The molecule has 0 amide bonds. The van der Waals surface area contributed by atoms with Crippen LogP contribution in [0.15, 0.2) is 223 Å². The first kappa shape index (κ1) is 66.8. The molecule has 0 radical (unpaired) electrons. The summed E-state index contributed by atoms with van der Waals surface area (Å²) in [5.41, 5.74) is 12.3. The van der Waals surface area contributed by atoms with Gasteiger partial charge in [0.15, 0.2) is 40.4 Å². The van der Waals surface area contributed by atoms with Gasteiger partial charge in [0, 0.05) is 158 Å². The van der Waals surface area contributed by atoms with Crippen LogP contribution in [0.1, 0.15) is 62.4 Å². The van der Waals surface area contributed by atoms with Gasteiger partial charge in [-0.1, -0.05) is 123 Å². The number of thiophene rings is 1. The van der Waals surface area contributed by atoms with Crippen molar-refractivity contribution in [3.8, 4) is 50.9 Å². The summed E-state index contributed by atoms with van der Waals surface area (Å²) in [7, 11) is 0. The lowest BCUT2D eigenvalue weighted by molar-refractivity contribution is 0.0349. The number of ether oxygens (including phenoxy) is 3. The lowest BCUT2D eigenvalue weighted by atomic mass is 9.95. The molecular formula is C83H76N16O6S. The SMILES string of the molecule is C=C1C=C(N2CCOCC2)Oc2c1ccc1ccccc21.C=C1CNc2ncc(-c3ccc(-c4ncn[nH]4)nc3C)nc2N1CC.O=c1cc(N2CCOCC2)oc2c(-c3cccc4c3sc3ccccc34)cccc12.[2H]c1nc(C)nc([2H])c1-c1cc(NC[C@@H](C)c2cccc3c(C(C)=O)ccnc23)ncn1. The van der Waals surface area contributed by atoms with E-state index in [1.807, 2.05) is 73.7 Å². The van der Waals surface area contributed by atoms with E-state index in [4.69, 9.17) is 26.4 Å². The summed E-state index contributed by atoms with van der Waals surface area (Å²) in [4.78, 5) is 70.4. The van der Waals surface area contributed by atoms with Crippen molar-refractivity contribution in [2.75, 3.05) is 92.7 Å². The molecule has 0 unspecified atom stereocenters. The van der Waals surface area contributed by atoms with Crippen molar-refractivity contribution in [1.82, 2.24) is 60.0 Å². The number of anilines is 4. The first-order chi connectivity index (χ1) is 52.6. The number of carbonyl (C=O) groups is 1. The van der Waals surface area contributed by atoms with Crippen molar-refractivity contribution < 1.29 is 26.2 Å². The van der Waals surface area contributed by atoms with Crippen molar-refractivity contribution in [2.24, 2.45) is 0 Å². The van der Waals surface area contributed by atoms with Crippen molar-refractivity contribution in [3.05, 3.63) is 252 Å². The largest absolute Gasteiger partial charge is 0.440 e. The number of ketones is 1. The van der Waals surface area contributed by atoms with Crippen LogP contribution in [0, 0.1) is 13.8 Å². The van der Waals surface area contributed by atoms with E-state index in [9.17, 15) is 9.59 Å². The molecule has 106 heavy (non-hydrogen) atoms. The van der Waals surface area contributed by atoms with Crippen LogP contribution < -0.4 is 30.6 Å². The van der Waals surface area contributed by atoms with E-state index in [1.165, 1.54) is 38.2 Å². The third kappa shape index (κ3) is 14.5. The first-order valence-electron chi connectivity index (χ1n) is 36.0. The maximum absolute atomic E-state index is 12.9. The van der Waals surface area contributed by atoms with Crippen molar-refractivity contribution >= 4 is 98.8 Å². The average molecular weight is 1430 g/mol. The van der Waals surface area contributed by atoms with E-state index >= 15 is 0 Å². The standard InChI is InChI=1S/C25H19NO3S.C23H22N6O.C18H17NO2.C17H18N8/c27-21-15-23(26-11-13-28-14-12-26)29-24-17(6-3-9-20(21)24)19-8-4-7-18-16-5-1-2-10-22(16)30-25(18)19;1-14(18-5-4-6-20-19(15(2)30)7-8-24-23(18)20)10-27-22-9-21(28-13-29-22)17-11-25-16(3)26-12-17;1-13-12-17(19-8-10-20-11-9-19)21-18-15(13)7-6-14-4-2-3-5-16(14)18;1-4-25-10(2)7-18-16-17(25)23-14(8-19-16)12-5-6-13(22-11(12)3)15-20-9-21-24-15/h1-10,15H,11-14H2;4-9,11-14H,10H2,1-3H3,(H,27,28,29);2-7,12H,1,8-11H2;5-6,8-9H,2,4,7H2,1,3H3,(H,18,19)(H,20,21,24)/t;14-;;/m.1../s1/i;11D,12D;;. The van der Waals surface area contributed by atoms with Crippen molar-refractivity contribution in [3.63, 3.8) is 0 Å². The number of aromatic amines is 1. The third-order valence-corrected chi connectivity index (χ3v) is 20.1. The highest BCUT2D eigenvalue weighted by Gasteiger charge is 2.26. The lowest BCUT2D eigenvalue weighted by Gasteiger charge is -2.33. The van der Waals surface area contributed by atoms with E-state index in [0.717, 1.165) is 142 Å². The number of nitrogens with one attached hydrogen (secondary N) is 3. The van der Waals surface area contributed by atoms with Crippen LogP contribution in [-0.4, -0.2) is 138 Å². The molecule has 8 aromatic heterocycles. The zero-order valence-electron chi connectivity index (χ0n) is 61.2. The van der Waals surface area contributed by atoms with Gasteiger partial charge in [0.05, 0.1) is 64.2 Å². The predicted molar refractivity (Wildman–Crippen MR) is 420 cm³/mol. The van der Waals surface area contributed by atoms with Crippen LogP contribution >= 0.6 is 11.3 Å². The van der Waals surface area contributed by atoms with Crippen LogP contribution in [0.25, 0.3) is 104 Å². The Morgan fingerprint density at radius 3 is 2.20 bits per heavy atom. The first-order valence-corrected chi connectivity index (χ1v) is 35.9. The van der Waals surface area contributed by atoms with Crippen molar-refractivity contribution in [2.45, 2.75) is 40.5 Å². The summed E-state index contributed by atoms with van der Waals surface area (Å²) < 4.78 is 42.1. The zero-order chi connectivity index (χ0) is 74.5. The highest BCUT2D eigenvalue weighted by Crippen LogP contribution is 2.43. The average Bonchev–Trinajstić information content (AvgIpc) is 1.32. The Morgan fingerprint density at radius 2 is 1.42 bits per heavy atom. The fourth-order valence-electron chi connectivity index (χ4n) is 13.4. The van der Waals surface area contributed by atoms with Gasteiger partial charge in [0.25, 0.3) is 0 Å². The third-order valence-electron chi connectivity index (χ3n) is 18.9. The van der Waals surface area contributed by atoms with Crippen LogP contribution in [0.5, 0.6) is 5.75 Å². The normalized spacial score (nSPS) is 14.6. The van der Waals surface area contributed by atoms with E-state index in [1.54, 1.807) is 55.8 Å². The van der Waals surface area contributed by atoms with Crippen LogP contribution in [0.2, 0.25) is 0 Å². The van der Waals surface area contributed by atoms with Gasteiger partial charge in [-0.2, -0.15) is 5.10 Å². The van der Waals surface area contributed by atoms with E-state index in [2.05, 4.69) is 169 Å². The van der Waals surface area contributed by atoms with Gasteiger partial charge in [0.2, 0.25) is 0 Å². The van der Waals surface area contributed by atoms with Gasteiger partial charge in [-0.05, 0) is 74.5 Å². The molecule has 3 N–H and O–H groups in total. The van der Waals surface area contributed by atoms with Gasteiger partial charge < -0.3 is 44.0 Å². The number of pyridine rings is 2. The van der Waals surface area contributed by atoms with Gasteiger partial charge in [-0.15, -0.1) is 11.3 Å². The minimum Gasteiger partial charge on any atom is -0.440 e. The number of likely N-dealkylation sites (N-methyl/N-ethyl adjacent to an activating group) is 1. The second kappa shape index (κ2) is 30.9. The molecule has 2 fully saturated rings. The molecule has 0 saturated carbocycles. The maximum atomic E-state index is 12.9. The molecular weight excluding hydrogens is 1350 g/mol. The molecule has 2 saturated heterocycles. The summed E-state index contributed by atoms with van der Waals surface area (Å²) in [5, 5.41) is 19.5. The Balaban J connectivity index is 0.000000116. The molecule has 4 aliphatic heterocycles. The number of Topliss-reactive ketones (excluding diaryl/α,β-unsaturated/α-hetero) is 1. The molecule has 4 aliphatic rings. The highest BCUT2D eigenvalue weighted by molar-refractivity contribution is 7.26. The molecule has 1 atom stereocenters. The monoisotopic (exact) mass is 1430 g/mol. The number of benzene rings is 6. The summed E-state index contributed by atoms with van der Waals surface area (Å²) in [6, 6.07) is 48.0. The quantitative estimate of drug-likeness (QED) is 0.0961.